The predicted octanol–water partition coefficient (Wildman–Crippen LogP) is 0.177. The zero-order valence-electron chi connectivity index (χ0n) is 16.8. The number of hydrogen-bond acceptors (Lipinski definition) is 4. The van der Waals surface area contributed by atoms with E-state index in [0.717, 1.165) is 18.7 Å². The van der Waals surface area contributed by atoms with Gasteiger partial charge in [0, 0.05) is 50.5 Å². The lowest BCUT2D eigenvalue weighted by Gasteiger charge is -2.19. The van der Waals surface area contributed by atoms with Crippen LogP contribution in [0.1, 0.15) is 25.7 Å². The Morgan fingerprint density at radius 3 is 2.68 bits per heavy atom. The number of quaternary nitrogens is 1. The van der Waals surface area contributed by atoms with Crippen LogP contribution in [0, 0.1) is 0 Å². The molecule has 1 aromatic rings. The van der Waals surface area contributed by atoms with Crippen LogP contribution in [0.5, 0.6) is 11.5 Å². The number of hydrogen-bond donors (Lipinski definition) is 3. The molecule has 3 N–H and O–H groups in total. The monoisotopic (exact) mass is 391 g/mol. The first-order valence-corrected chi connectivity index (χ1v) is 10.0. The van der Waals surface area contributed by atoms with E-state index >= 15 is 0 Å². The molecule has 0 bridgehead atoms. The first-order valence-electron chi connectivity index (χ1n) is 10.0. The number of amides is 3. The Morgan fingerprint density at radius 2 is 1.96 bits per heavy atom. The molecule has 2 heterocycles. The number of urea groups is 1. The van der Waals surface area contributed by atoms with Crippen LogP contribution in [0.2, 0.25) is 0 Å². The summed E-state index contributed by atoms with van der Waals surface area (Å²) in [6.07, 6.45) is 3.90. The molecule has 28 heavy (non-hydrogen) atoms. The van der Waals surface area contributed by atoms with Gasteiger partial charge in [-0.3, -0.25) is 4.79 Å². The number of rotatable bonds is 8. The van der Waals surface area contributed by atoms with Crippen molar-refractivity contribution >= 4 is 17.6 Å². The van der Waals surface area contributed by atoms with Crippen LogP contribution in [0.25, 0.3) is 0 Å². The molecular weight excluding hydrogens is 360 g/mol. The highest BCUT2D eigenvalue weighted by atomic mass is 16.5. The van der Waals surface area contributed by atoms with E-state index < -0.39 is 0 Å². The Bertz CT molecular complexity index is 691. The molecule has 3 rings (SSSR count). The molecule has 0 radical (unpaired) electrons. The van der Waals surface area contributed by atoms with Crippen molar-refractivity contribution in [1.29, 1.82) is 0 Å². The lowest BCUT2D eigenvalue weighted by atomic mass is 10.2. The van der Waals surface area contributed by atoms with Gasteiger partial charge in [-0.05, 0) is 12.1 Å². The highest BCUT2D eigenvalue weighted by molar-refractivity contribution is 5.97. The van der Waals surface area contributed by atoms with Crippen molar-refractivity contribution in [3.63, 3.8) is 0 Å². The second kappa shape index (κ2) is 9.64. The summed E-state index contributed by atoms with van der Waals surface area (Å²) in [4.78, 5) is 27.8. The Morgan fingerprint density at radius 1 is 1.21 bits per heavy atom. The SMILES string of the molecule is COc1ccc(N2C[C@@H](NC(=O)NCCC[NH+]3CCCC3)CC2=O)cc1OC. The van der Waals surface area contributed by atoms with Gasteiger partial charge in [-0.15, -0.1) is 0 Å². The number of ether oxygens (including phenoxy) is 2. The maximum atomic E-state index is 12.4. The minimum Gasteiger partial charge on any atom is -0.493 e. The van der Waals surface area contributed by atoms with Crippen LogP contribution in [0.4, 0.5) is 10.5 Å². The topological polar surface area (TPSA) is 84.3 Å². The summed E-state index contributed by atoms with van der Waals surface area (Å²) in [6.45, 7) is 4.72. The van der Waals surface area contributed by atoms with Crippen LogP contribution in [0.15, 0.2) is 18.2 Å². The standard InChI is InChI=1S/C20H30N4O4/c1-27-17-7-6-16(13-18(17)28-2)24-14-15(12-19(24)25)22-20(26)21-8-5-11-23-9-3-4-10-23/h6-7,13,15H,3-5,8-12,14H2,1-2H3,(H2,21,22,26)/p+1/t15-/m0/s1. The molecule has 2 fully saturated rings. The number of anilines is 1. The Kier molecular flexibility index (Phi) is 6.97. The third kappa shape index (κ3) is 5.07. The molecule has 0 unspecified atom stereocenters. The van der Waals surface area contributed by atoms with E-state index in [1.165, 1.54) is 25.9 Å². The van der Waals surface area contributed by atoms with Crippen molar-refractivity contribution in [3.05, 3.63) is 18.2 Å². The summed E-state index contributed by atoms with van der Waals surface area (Å²) in [5.41, 5.74) is 0.737. The van der Waals surface area contributed by atoms with Crippen molar-refractivity contribution in [2.24, 2.45) is 0 Å². The van der Waals surface area contributed by atoms with Gasteiger partial charge >= 0.3 is 6.03 Å². The van der Waals surface area contributed by atoms with Crippen molar-refractivity contribution < 1.29 is 24.0 Å². The van der Waals surface area contributed by atoms with Gasteiger partial charge in [0.1, 0.15) is 0 Å². The number of carbonyl (C=O) groups excluding carboxylic acids is 2. The molecule has 2 aliphatic heterocycles. The molecule has 2 saturated heterocycles. The van der Waals surface area contributed by atoms with E-state index in [1.54, 1.807) is 36.2 Å². The molecule has 0 saturated carbocycles. The van der Waals surface area contributed by atoms with E-state index in [1.807, 2.05) is 6.07 Å². The first kappa shape index (κ1) is 20.3. The Labute approximate surface area is 166 Å². The van der Waals surface area contributed by atoms with Gasteiger partial charge in [0.25, 0.3) is 0 Å². The van der Waals surface area contributed by atoms with E-state index in [4.69, 9.17) is 9.47 Å². The zero-order valence-corrected chi connectivity index (χ0v) is 16.8. The average Bonchev–Trinajstić information content (AvgIpc) is 3.34. The molecule has 154 valence electrons. The molecule has 1 atom stereocenters. The van der Waals surface area contributed by atoms with Crippen molar-refractivity contribution in [3.8, 4) is 11.5 Å². The van der Waals surface area contributed by atoms with Gasteiger partial charge in [0.15, 0.2) is 11.5 Å². The van der Waals surface area contributed by atoms with Gasteiger partial charge in [-0.25, -0.2) is 4.79 Å². The molecule has 2 aliphatic rings. The smallest absolute Gasteiger partial charge is 0.315 e. The highest BCUT2D eigenvalue weighted by Crippen LogP contribution is 2.33. The number of carbonyl (C=O) groups is 2. The second-order valence-corrected chi connectivity index (χ2v) is 7.41. The van der Waals surface area contributed by atoms with Crippen molar-refractivity contribution in [1.82, 2.24) is 10.6 Å². The highest BCUT2D eigenvalue weighted by Gasteiger charge is 2.32. The van der Waals surface area contributed by atoms with Gasteiger partial charge in [0.2, 0.25) is 5.91 Å². The van der Waals surface area contributed by atoms with Crippen LogP contribution in [-0.2, 0) is 4.79 Å². The van der Waals surface area contributed by atoms with Gasteiger partial charge in [0.05, 0.1) is 39.9 Å². The van der Waals surface area contributed by atoms with Gasteiger partial charge < -0.3 is 29.9 Å². The van der Waals surface area contributed by atoms with E-state index in [0.29, 0.717) is 31.0 Å². The number of benzene rings is 1. The zero-order chi connectivity index (χ0) is 19.9. The Balaban J connectivity index is 1.45. The minimum atomic E-state index is -0.205. The molecule has 0 aromatic heterocycles. The summed E-state index contributed by atoms with van der Waals surface area (Å²) in [5.74, 6) is 1.17. The van der Waals surface area contributed by atoms with E-state index in [-0.39, 0.29) is 18.0 Å². The first-order chi connectivity index (χ1) is 13.6. The summed E-state index contributed by atoms with van der Waals surface area (Å²) in [5, 5.41) is 5.82. The predicted molar refractivity (Wildman–Crippen MR) is 106 cm³/mol. The molecule has 0 aliphatic carbocycles. The molecule has 8 heteroatoms. The third-order valence-corrected chi connectivity index (χ3v) is 5.44. The normalized spacial score (nSPS) is 19.7. The van der Waals surface area contributed by atoms with Gasteiger partial charge in [-0.2, -0.15) is 0 Å². The van der Waals surface area contributed by atoms with Crippen LogP contribution in [-0.4, -0.2) is 64.9 Å². The van der Waals surface area contributed by atoms with Crippen LogP contribution < -0.4 is 29.9 Å². The fraction of sp³-hybridized carbons (Fsp3) is 0.600. The number of methoxy groups -OCH3 is 2. The summed E-state index contributed by atoms with van der Waals surface area (Å²) < 4.78 is 10.5. The van der Waals surface area contributed by atoms with Gasteiger partial charge in [-0.1, -0.05) is 0 Å². The Hall–Kier alpha value is -2.48. The molecule has 8 nitrogen and oxygen atoms in total. The fourth-order valence-corrected chi connectivity index (χ4v) is 3.95. The largest absolute Gasteiger partial charge is 0.493 e. The molecule has 1 aromatic carbocycles. The fourth-order valence-electron chi connectivity index (χ4n) is 3.95. The lowest BCUT2D eigenvalue weighted by molar-refractivity contribution is -0.887. The lowest BCUT2D eigenvalue weighted by Crippen LogP contribution is -3.10. The molecule has 3 amide bonds. The maximum absolute atomic E-state index is 12.4. The minimum absolute atomic E-state index is 0.0184. The number of likely N-dealkylation sites (tertiary alicyclic amines) is 1. The molecule has 0 spiro atoms. The number of nitrogens with one attached hydrogen (secondary N) is 3. The number of nitrogens with zero attached hydrogens (tertiary/aromatic N) is 1. The van der Waals surface area contributed by atoms with E-state index in [9.17, 15) is 9.59 Å². The van der Waals surface area contributed by atoms with Crippen LogP contribution >= 0.6 is 0 Å². The summed E-state index contributed by atoms with van der Waals surface area (Å²) in [7, 11) is 3.14. The maximum Gasteiger partial charge on any atom is 0.315 e. The van der Waals surface area contributed by atoms with Crippen molar-refractivity contribution in [2.75, 3.05) is 51.8 Å². The second-order valence-electron chi connectivity index (χ2n) is 7.41. The molecular formula is C20H31N4O4+. The van der Waals surface area contributed by atoms with Crippen molar-refractivity contribution in [2.45, 2.75) is 31.7 Å². The summed E-state index contributed by atoms with van der Waals surface area (Å²) in [6, 6.07) is 4.97. The third-order valence-electron chi connectivity index (χ3n) is 5.44. The van der Waals surface area contributed by atoms with Crippen LogP contribution in [0.3, 0.4) is 0 Å². The summed E-state index contributed by atoms with van der Waals surface area (Å²) >= 11 is 0. The van der Waals surface area contributed by atoms with E-state index in [2.05, 4.69) is 10.6 Å². The average molecular weight is 391 g/mol. The quantitative estimate of drug-likeness (QED) is 0.552.